The summed E-state index contributed by atoms with van der Waals surface area (Å²) in [5.74, 6) is 0. The molecule has 1 fully saturated rings. The second kappa shape index (κ2) is 12.1. The van der Waals surface area contributed by atoms with Gasteiger partial charge in [0.25, 0.3) is 6.01 Å². The van der Waals surface area contributed by atoms with Gasteiger partial charge in [-0.25, -0.2) is 4.79 Å². The fourth-order valence-corrected chi connectivity index (χ4v) is 4.93. The number of likely N-dealkylation sites (tertiary alicyclic amines) is 1. The number of para-hydroxylation sites is 2. The first-order chi connectivity index (χ1) is 18.6. The first-order valence-electron chi connectivity index (χ1n) is 13.4. The van der Waals surface area contributed by atoms with Crippen LogP contribution in [0.5, 0.6) is 6.01 Å². The molecular weight excluding hydrogens is 476 g/mol. The summed E-state index contributed by atoms with van der Waals surface area (Å²) < 4.78 is 14.0. The molecule has 38 heavy (non-hydrogen) atoms. The number of fused-ring (bicyclic) bond motifs is 1. The zero-order chi connectivity index (χ0) is 26.3. The quantitative estimate of drug-likeness (QED) is 0.290. The molecule has 1 aromatic heterocycles. The predicted molar refractivity (Wildman–Crippen MR) is 149 cm³/mol. The van der Waals surface area contributed by atoms with Crippen LogP contribution in [0.2, 0.25) is 0 Å². The topological polar surface area (TPSA) is 59.8 Å². The average molecular weight is 513 g/mol. The number of carbonyl (C=O) groups is 1. The van der Waals surface area contributed by atoms with Crippen molar-refractivity contribution in [1.82, 2.24) is 19.4 Å². The van der Waals surface area contributed by atoms with Crippen LogP contribution < -0.4 is 4.74 Å². The van der Waals surface area contributed by atoms with Crippen LogP contribution in [0.25, 0.3) is 11.0 Å². The van der Waals surface area contributed by atoms with Gasteiger partial charge >= 0.3 is 6.09 Å². The lowest BCUT2D eigenvalue weighted by Crippen LogP contribution is -2.44. The van der Waals surface area contributed by atoms with E-state index in [9.17, 15) is 4.79 Å². The number of rotatable bonds is 9. The summed E-state index contributed by atoms with van der Waals surface area (Å²) in [4.78, 5) is 21.7. The van der Waals surface area contributed by atoms with Crippen molar-refractivity contribution in [2.24, 2.45) is 7.05 Å². The number of aryl methyl sites for hydroxylation is 1. The molecule has 198 valence electrons. The highest BCUT2D eigenvalue weighted by Crippen LogP contribution is 2.23. The van der Waals surface area contributed by atoms with Crippen molar-refractivity contribution < 1.29 is 14.3 Å². The summed E-state index contributed by atoms with van der Waals surface area (Å²) in [6.45, 7) is 5.27. The Balaban J connectivity index is 1.12. The number of hydrogen-bond donors (Lipinski definition) is 0. The molecule has 1 aliphatic heterocycles. The number of benzene rings is 3. The summed E-state index contributed by atoms with van der Waals surface area (Å²) >= 11 is 0. The summed E-state index contributed by atoms with van der Waals surface area (Å²) in [5.41, 5.74) is 4.45. The molecule has 1 amide bonds. The van der Waals surface area contributed by atoms with Gasteiger partial charge in [0.05, 0.1) is 11.0 Å². The summed E-state index contributed by atoms with van der Waals surface area (Å²) in [5, 5.41) is 0. The van der Waals surface area contributed by atoms with Crippen molar-refractivity contribution in [1.29, 1.82) is 0 Å². The fourth-order valence-electron chi connectivity index (χ4n) is 4.93. The number of carbonyl (C=O) groups excluding carboxylic acids is 1. The molecular formula is C31H36N4O3. The Morgan fingerprint density at radius 2 is 1.50 bits per heavy atom. The lowest BCUT2D eigenvalue weighted by Gasteiger charge is -2.33. The van der Waals surface area contributed by atoms with E-state index in [1.54, 1.807) is 4.90 Å². The van der Waals surface area contributed by atoms with Crippen LogP contribution >= 0.6 is 0 Å². The molecule has 1 saturated heterocycles. The second-order valence-corrected chi connectivity index (χ2v) is 10.0. The SMILES string of the molecule is CC(COC(=O)N1CCC(Oc2nc3ccccc3n2C)CC1)N(Cc1ccccc1)Cc1ccccc1. The van der Waals surface area contributed by atoms with Gasteiger partial charge in [-0.15, -0.1) is 0 Å². The highest BCUT2D eigenvalue weighted by molar-refractivity contribution is 5.76. The monoisotopic (exact) mass is 512 g/mol. The molecule has 0 N–H and O–H groups in total. The zero-order valence-corrected chi connectivity index (χ0v) is 22.2. The lowest BCUT2D eigenvalue weighted by atomic mass is 10.1. The van der Waals surface area contributed by atoms with Crippen molar-refractivity contribution in [2.45, 2.75) is 45.0 Å². The molecule has 4 aromatic rings. The Morgan fingerprint density at radius 1 is 0.921 bits per heavy atom. The van der Waals surface area contributed by atoms with E-state index in [2.05, 4.69) is 65.3 Å². The van der Waals surface area contributed by atoms with E-state index >= 15 is 0 Å². The first kappa shape index (κ1) is 25.8. The molecule has 1 unspecified atom stereocenters. The Labute approximate surface area is 224 Å². The Bertz CT molecular complexity index is 1280. The number of piperidine rings is 1. The number of imidazole rings is 1. The van der Waals surface area contributed by atoms with Crippen molar-refractivity contribution in [3.05, 3.63) is 96.1 Å². The van der Waals surface area contributed by atoms with Crippen LogP contribution in [0, 0.1) is 0 Å². The van der Waals surface area contributed by atoms with Crippen molar-refractivity contribution >= 4 is 17.1 Å². The maximum atomic E-state index is 12.9. The standard InChI is InChI=1S/C31H36N4O3/c1-24(35(21-25-11-5-3-6-12-25)22-26-13-7-4-8-14-26)23-37-31(36)34-19-17-27(18-20-34)38-30-32-28-15-9-10-16-29(28)33(30)2/h3-16,24,27H,17-23H2,1-2H3. The Kier molecular flexibility index (Phi) is 8.24. The van der Waals surface area contributed by atoms with Gasteiger partial charge in [0, 0.05) is 52.1 Å². The van der Waals surface area contributed by atoms with Crippen LogP contribution in [0.3, 0.4) is 0 Å². The minimum absolute atomic E-state index is 0.0284. The van der Waals surface area contributed by atoms with Crippen LogP contribution in [0.1, 0.15) is 30.9 Å². The molecule has 7 nitrogen and oxygen atoms in total. The molecule has 1 aliphatic rings. The molecule has 0 spiro atoms. The summed E-state index contributed by atoms with van der Waals surface area (Å²) in [7, 11) is 1.97. The van der Waals surface area contributed by atoms with Crippen LogP contribution in [0.4, 0.5) is 4.79 Å². The molecule has 2 heterocycles. The van der Waals surface area contributed by atoms with Crippen LogP contribution in [-0.4, -0.2) is 57.3 Å². The van der Waals surface area contributed by atoms with Gasteiger partial charge in [0.1, 0.15) is 12.7 Å². The number of nitrogens with zero attached hydrogens (tertiary/aromatic N) is 4. The van der Waals surface area contributed by atoms with E-state index in [-0.39, 0.29) is 18.2 Å². The normalized spacial score (nSPS) is 15.1. The highest BCUT2D eigenvalue weighted by atomic mass is 16.6. The van der Waals surface area contributed by atoms with Crippen molar-refractivity contribution in [2.75, 3.05) is 19.7 Å². The van der Waals surface area contributed by atoms with Gasteiger partial charge < -0.3 is 14.4 Å². The second-order valence-electron chi connectivity index (χ2n) is 10.0. The minimum Gasteiger partial charge on any atom is -0.461 e. The molecule has 0 radical (unpaired) electrons. The highest BCUT2D eigenvalue weighted by Gasteiger charge is 2.27. The van der Waals surface area contributed by atoms with Crippen molar-refractivity contribution in [3.8, 4) is 6.01 Å². The van der Waals surface area contributed by atoms with E-state index < -0.39 is 0 Å². The van der Waals surface area contributed by atoms with Crippen molar-refractivity contribution in [3.63, 3.8) is 0 Å². The van der Waals surface area contributed by atoms with Gasteiger partial charge in [-0.3, -0.25) is 9.47 Å². The average Bonchev–Trinajstić information content (AvgIpc) is 3.27. The van der Waals surface area contributed by atoms with Gasteiger partial charge in [-0.1, -0.05) is 72.8 Å². The van der Waals surface area contributed by atoms with Crippen LogP contribution in [-0.2, 0) is 24.9 Å². The van der Waals surface area contributed by atoms with Crippen LogP contribution in [0.15, 0.2) is 84.9 Å². The Morgan fingerprint density at radius 3 is 2.11 bits per heavy atom. The maximum Gasteiger partial charge on any atom is 0.409 e. The molecule has 5 rings (SSSR count). The lowest BCUT2D eigenvalue weighted by molar-refractivity contribution is 0.0443. The van der Waals surface area contributed by atoms with Gasteiger partial charge in [0.2, 0.25) is 0 Å². The maximum absolute atomic E-state index is 12.9. The summed E-state index contributed by atoms with van der Waals surface area (Å²) in [6, 6.07) is 29.5. The van der Waals surface area contributed by atoms with Gasteiger partial charge in [-0.05, 0) is 30.2 Å². The molecule has 0 saturated carbocycles. The smallest absolute Gasteiger partial charge is 0.409 e. The number of aromatic nitrogens is 2. The third-order valence-corrected chi connectivity index (χ3v) is 7.25. The summed E-state index contributed by atoms with van der Waals surface area (Å²) in [6.07, 6.45) is 1.28. The zero-order valence-electron chi connectivity index (χ0n) is 22.2. The molecule has 1 atom stereocenters. The first-order valence-corrected chi connectivity index (χ1v) is 13.4. The van der Waals surface area contributed by atoms with E-state index in [0.29, 0.717) is 25.7 Å². The van der Waals surface area contributed by atoms with E-state index in [1.165, 1.54) is 11.1 Å². The largest absolute Gasteiger partial charge is 0.461 e. The number of amides is 1. The fraction of sp³-hybridized carbons (Fsp3) is 0.355. The van der Waals surface area contributed by atoms with E-state index in [0.717, 1.165) is 37.0 Å². The molecule has 3 aromatic carbocycles. The third kappa shape index (κ3) is 6.34. The van der Waals surface area contributed by atoms with Gasteiger partial charge in [0.15, 0.2) is 0 Å². The predicted octanol–water partition coefficient (Wildman–Crippen LogP) is 5.64. The number of hydrogen-bond acceptors (Lipinski definition) is 5. The molecule has 0 bridgehead atoms. The van der Waals surface area contributed by atoms with Gasteiger partial charge in [-0.2, -0.15) is 4.98 Å². The molecule has 7 heteroatoms. The number of ether oxygens (including phenoxy) is 2. The third-order valence-electron chi connectivity index (χ3n) is 7.25. The van der Waals surface area contributed by atoms with E-state index in [1.807, 2.05) is 48.0 Å². The van der Waals surface area contributed by atoms with E-state index in [4.69, 9.17) is 9.47 Å². The Hall–Kier alpha value is -3.84. The minimum atomic E-state index is -0.252. The molecule has 0 aliphatic carbocycles.